The van der Waals surface area contributed by atoms with Crippen molar-refractivity contribution in [2.75, 3.05) is 5.73 Å². The molecule has 0 aliphatic carbocycles. The topological polar surface area (TPSA) is 73.8 Å². The van der Waals surface area contributed by atoms with Gasteiger partial charge in [0.15, 0.2) is 5.78 Å². The summed E-state index contributed by atoms with van der Waals surface area (Å²) in [7, 11) is 1.77. The number of ketones is 1. The second-order valence-corrected chi connectivity index (χ2v) is 3.55. The average molecular weight is 216 g/mol. The van der Waals surface area contributed by atoms with Gasteiger partial charge in [0.05, 0.1) is 11.8 Å². The molecular formula is C11H12N4O. The molecule has 2 heterocycles. The van der Waals surface area contributed by atoms with E-state index < -0.39 is 0 Å². The van der Waals surface area contributed by atoms with E-state index in [1.807, 2.05) is 0 Å². The Morgan fingerprint density at radius 3 is 3.00 bits per heavy atom. The SMILES string of the molecule is Cn1cc(C(=O)Cc2cccnc2N)cn1. The molecule has 0 aliphatic rings. The lowest BCUT2D eigenvalue weighted by molar-refractivity contribution is 0.0993. The first kappa shape index (κ1) is 10.4. The molecule has 0 saturated carbocycles. The van der Waals surface area contributed by atoms with Crippen LogP contribution in [0.4, 0.5) is 5.82 Å². The largest absolute Gasteiger partial charge is 0.383 e. The van der Waals surface area contributed by atoms with Gasteiger partial charge in [-0.05, 0) is 6.07 Å². The second-order valence-electron chi connectivity index (χ2n) is 3.55. The number of carbonyl (C=O) groups is 1. The van der Waals surface area contributed by atoms with E-state index >= 15 is 0 Å². The van der Waals surface area contributed by atoms with Crippen molar-refractivity contribution in [1.29, 1.82) is 0 Å². The molecule has 0 aromatic carbocycles. The number of aryl methyl sites for hydroxylation is 1. The predicted octanol–water partition coefficient (Wildman–Crippen LogP) is 0.823. The number of hydrogen-bond acceptors (Lipinski definition) is 4. The molecule has 2 aromatic rings. The van der Waals surface area contributed by atoms with Gasteiger partial charge in [-0.15, -0.1) is 0 Å². The molecule has 0 fully saturated rings. The number of carbonyl (C=O) groups excluding carboxylic acids is 1. The molecule has 0 amide bonds. The Hall–Kier alpha value is -2.17. The van der Waals surface area contributed by atoms with Gasteiger partial charge in [0.1, 0.15) is 5.82 Å². The molecule has 2 rings (SSSR count). The number of nitrogens with two attached hydrogens (primary N) is 1. The van der Waals surface area contributed by atoms with Crippen molar-refractivity contribution in [3.8, 4) is 0 Å². The van der Waals surface area contributed by atoms with E-state index in [1.54, 1.807) is 42.5 Å². The Bertz CT molecular complexity index is 518. The summed E-state index contributed by atoms with van der Waals surface area (Å²) in [6.07, 6.45) is 5.10. The Morgan fingerprint density at radius 2 is 2.38 bits per heavy atom. The minimum absolute atomic E-state index is 0.00667. The van der Waals surface area contributed by atoms with E-state index in [0.29, 0.717) is 11.4 Å². The Morgan fingerprint density at radius 1 is 1.56 bits per heavy atom. The van der Waals surface area contributed by atoms with Crippen molar-refractivity contribution in [1.82, 2.24) is 14.8 Å². The van der Waals surface area contributed by atoms with Gasteiger partial charge in [-0.2, -0.15) is 5.10 Å². The molecular weight excluding hydrogens is 204 g/mol. The summed E-state index contributed by atoms with van der Waals surface area (Å²) < 4.78 is 1.60. The van der Waals surface area contributed by atoms with Crippen LogP contribution in [-0.2, 0) is 13.5 Å². The summed E-state index contributed by atoms with van der Waals surface area (Å²) >= 11 is 0. The van der Waals surface area contributed by atoms with Crippen LogP contribution in [0.15, 0.2) is 30.7 Å². The molecule has 0 unspecified atom stereocenters. The molecule has 0 aliphatic heterocycles. The number of rotatable bonds is 3. The van der Waals surface area contributed by atoms with Gasteiger partial charge < -0.3 is 5.73 Å². The number of nitrogen functional groups attached to an aromatic ring is 1. The molecule has 0 bridgehead atoms. The normalized spacial score (nSPS) is 10.3. The average Bonchev–Trinajstić information content (AvgIpc) is 2.68. The molecule has 0 saturated heterocycles. The third-order valence-corrected chi connectivity index (χ3v) is 2.30. The molecule has 2 aromatic heterocycles. The minimum atomic E-state index is -0.00667. The van der Waals surface area contributed by atoms with Crippen LogP contribution in [0.2, 0.25) is 0 Å². The third kappa shape index (κ3) is 2.08. The smallest absolute Gasteiger partial charge is 0.170 e. The summed E-state index contributed by atoms with van der Waals surface area (Å²) in [6, 6.07) is 3.57. The molecule has 0 spiro atoms. The summed E-state index contributed by atoms with van der Waals surface area (Å²) in [5.41, 5.74) is 7.00. The Kier molecular flexibility index (Phi) is 2.68. The third-order valence-electron chi connectivity index (χ3n) is 2.30. The van der Waals surface area contributed by atoms with Crippen molar-refractivity contribution < 1.29 is 4.79 Å². The highest BCUT2D eigenvalue weighted by Crippen LogP contribution is 2.11. The number of nitrogens with zero attached hydrogens (tertiary/aromatic N) is 3. The quantitative estimate of drug-likeness (QED) is 0.771. The van der Waals surface area contributed by atoms with Crippen molar-refractivity contribution in [2.45, 2.75) is 6.42 Å². The van der Waals surface area contributed by atoms with Gasteiger partial charge in [0.2, 0.25) is 0 Å². The Labute approximate surface area is 92.9 Å². The fourth-order valence-corrected chi connectivity index (χ4v) is 1.44. The maximum absolute atomic E-state index is 11.8. The highest BCUT2D eigenvalue weighted by molar-refractivity contribution is 5.97. The zero-order valence-electron chi connectivity index (χ0n) is 8.92. The number of hydrogen-bond donors (Lipinski definition) is 1. The maximum atomic E-state index is 11.8. The summed E-state index contributed by atoms with van der Waals surface area (Å²) in [5.74, 6) is 0.396. The van der Waals surface area contributed by atoms with Crippen LogP contribution >= 0.6 is 0 Å². The first-order valence-electron chi connectivity index (χ1n) is 4.88. The van der Waals surface area contributed by atoms with E-state index in [9.17, 15) is 4.79 Å². The lowest BCUT2D eigenvalue weighted by Crippen LogP contribution is -2.06. The zero-order chi connectivity index (χ0) is 11.5. The second kappa shape index (κ2) is 4.14. The van der Waals surface area contributed by atoms with Crippen LogP contribution in [0.1, 0.15) is 15.9 Å². The van der Waals surface area contributed by atoms with Crippen molar-refractivity contribution in [3.05, 3.63) is 41.9 Å². The fourth-order valence-electron chi connectivity index (χ4n) is 1.44. The summed E-state index contributed by atoms with van der Waals surface area (Å²) in [6.45, 7) is 0. The molecule has 5 heteroatoms. The number of pyridine rings is 1. The molecule has 82 valence electrons. The molecule has 0 radical (unpaired) electrons. The highest BCUT2D eigenvalue weighted by Gasteiger charge is 2.10. The van der Waals surface area contributed by atoms with Gasteiger partial charge in [0, 0.05) is 31.4 Å². The van der Waals surface area contributed by atoms with Crippen LogP contribution in [0.3, 0.4) is 0 Å². The van der Waals surface area contributed by atoms with Crippen molar-refractivity contribution in [2.24, 2.45) is 7.05 Å². The van der Waals surface area contributed by atoms with Gasteiger partial charge in [-0.3, -0.25) is 9.48 Å². The van der Waals surface area contributed by atoms with E-state index in [4.69, 9.17) is 5.73 Å². The zero-order valence-corrected chi connectivity index (χ0v) is 8.92. The first-order valence-corrected chi connectivity index (χ1v) is 4.88. The molecule has 5 nitrogen and oxygen atoms in total. The standard InChI is InChI=1S/C11H12N4O/c1-15-7-9(6-14-15)10(16)5-8-3-2-4-13-11(8)12/h2-4,6-7H,5H2,1H3,(H2,12,13). The van der Waals surface area contributed by atoms with E-state index in [-0.39, 0.29) is 12.2 Å². The van der Waals surface area contributed by atoms with Crippen LogP contribution in [0.25, 0.3) is 0 Å². The van der Waals surface area contributed by atoms with Gasteiger partial charge >= 0.3 is 0 Å². The van der Waals surface area contributed by atoms with Crippen LogP contribution in [-0.4, -0.2) is 20.5 Å². The highest BCUT2D eigenvalue weighted by atomic mass is 16.1. The van der Waals surface area contributed by atoms with Crippen LogP contribution in [0, 0.1) is 0 Å². The predicted molar refractivity (Wildman–Crippen MR) is 59.9 cm³/mol. The fraction of sp³-hybridized carbons (Fsp3) is 0.182. The Balaban J connectivity index is 2.17. The van der Waals surface area contributed by atoms with Gasteiger partial charge in [0.25, 0.3) is 0 Å². The molecule has 16 heavy (non-hydrogen) atoms. The van der Waals surface area contributed by atoms with Crippen molar-refractivity contribution >= 4 is 11.6 Å². The van der Waals surface area contributed by atoms with Crippen LogP contribution < -0.4 is 5.73 Å². The summed E-state index contributed by atoms with van der Waals surface area (Å²) in [4.78, 5) is 15.8. The molecule has 2 N–H and O–H groups in total. The monoisotopic (exact) mass is 216 g/mol. The lowest BCUT2D eigenvalue weighted by atomic mass is 10.1. The number of Topliss-reactive ketones (excluding diaryl/α,β-unsaturated/α-hetero) is 1. The number of anilines is 1. The minimum Gasteiger partial charge on any atom is -0.383 e. The first-order chi connectivity index (χ1) is 7.66. The van der Waals surface area contributed by atoms with E-state index in [2.05, 4.69) is 10.1 Å². The number of aromatic nitrogens is 3. The van der Waals surface area contributed by atoms with Crippen LogP contribution in [0.5, 0.6) is 0 Å². The van der Waals surface area contributed by atoms with E-state index in [1.165, 1.54) is 0 Å². The van der Waals surface area contributed by atoms with Crippen molar-refractivity contribution in [3.63, 3.8) is 0 Å². The maximum Gasteiger partial charge on any atom is 0.170 e. The molecule has 0 atom stereocenters. The van der Waals surface area contributed by atoms with Gasteiger partial charge in [-0.1, -0.05) is 6.07 Å². The summed E-state index contributed by atoms with van der Waals surface area (Å²) in [5, 5.41) is 3.95. The lowest BCUT2D eigenvalue weighted by Gasteiger charge is -2.01. The van der Waals surface area contributed by atoms with E-state index in [0.717, 1.165) is 5.56 Å². The van der Waals surface area contributed by atoms with Gasteiger partial charge in [-0.25, -0.2) is 4.98 Å².